The first-order chi connectivity index (χ1) is 15.3. The van der Waals surface area contributed by atoms with Crippen LogP contribution in [0.1, 0.15) is 0 Å². The van der Waals surface area contributed by atoms with E-state index in [0.29, 0.717) is 34.3 Å². The molecule has 3 aromatic rings. The number of ether oxygens (including phenoxy) is 3. The molecule has 0 aliphatic carbocycles. The summed E-state index contributed by atoms with van der Waals surface area (Å²) in [5.74, 6) is 1.41. The molecule has 0 aliphatic rings. The molecule has 12 heteroatoms. The maximum atomic E-state index is 11.2. The van der Waals surface area contributed by atoms with Crippen molar-refractivity contribution in [3.05, 3.63) is 60.7 Å². The van der Waals surface area contributed by atoms with Crippen LogP contribution in [0.3, 0.4) is 0 Å². The first kappa shape index (κ1) is 26.4. The first-order valence-electron chi connectivity index (χ1n) is 9.13. The third kappa shape index (κ3) is 7.07. The number of benzene rings is 3. The molecule has 0 saturated carbocycles. The van der Waals surface area contributed by atoms with Crippen LogP contribution in [-0.4, -0.2) is 34.3 Å². The minimum atomic E-state index is -4.60. The summed E-state index contributed by atoms with van der Waals surface area (Å²) in [6.07, 6.45) is 0. The summed E-state index contributed by atoms with van der Waals surface area (Å²) in [7, 11) is -0.0943. The van der Waals surface area contributed by atoms with E-state index in [9.17, 15) is 13.0 Å². The van der Waals surface area contributed by atoms with Crippen LogP contribution in [0.4, 0.5) is 22.7 Å². The molecule has 0 bridgehead atoms. The van der Waals surface area contributed by atoms with E-state index in [0.717, 1.165) is 6.07 Å². The van der Waals surface area contributed by atoms with Crippen molar-refractivity contribution >= 4 is 32.9 Å². The Morgan fingerprint density at radius 2 is 1.24 bits per heavy atom. The fraction of sp³-hybridized carbons (Fsp3) is 0.143. The molecule has 166 valence electrons. The van der Waals surface area contributed by atoms with Crippen molar-refractivity contribution < 1.29 is 56.7 Å². The van der Waals surface area contributed by atoms with E-state index in [4.69, 9.17) is 14.2 Å². The Kier molecular flexibility index (Phi) is 9.50. The average Bonchev–Trinajstić information content (AvgIpc) is 2.81. The van der Waals surface area contributed by atoms with Crippen LogP contribution in [0.25, 0.3) is 0 Å². The minimum absolute atomic E-state index is 0. The second-order valence-electron chi connectivity index (χ2n) is 6.25. The maximum absolute atomic E-state index is 11.2. The van der Waals surface area contributed by atoms with Crippen molar-refractivity contribution in [1.29, 1.82) is 0 Å². The van der Waals surface area contributed by atoms with E-state index in [2.05, 4.69) is 20.5 Å². The molecule has 10 nitrogen and oxygen atoms in total. The molecular formula is C21H19N4NaO6S. The van der Waals surface area contributed by atoms with Crippen molar-refractivity contribution in [3.63, 3.8) is 0 Å². The van der Waals surface area contributed by atoms with E-state index in [1.165, 1.54) is 32.4 Å². The number of rotatable bonds is 8. The first-order valence-corrected chi connectivity index (χ1v) is 10.5. The molecule has 0 radical (unpaired) electrons. The van der Waals surface area contributed by atoms with Crippen molar-refractivity contribution in [2.24, 2.45) is 20.5 Å². The number of hydrogen-bond donors (Lipinski definition) is 0. The van der Waals surface area contributed by atoms with Crippen molar-refractivity contribution in [3.8, 4) is 17.2 Å². The van der Waals surface area contributed by atoms with Gasteiger partial charge in [-0.1, -0.05) is 6.07 Å². The molecule has 3 aromatic carbocycles. The SMILES string of the molecule is COc1ccc(N=Nc2cc(OC)c(N=Nc3cccc(S(=O)(=O)[O-])c3)cc2OC)cc1.[Na+]. The number of hydrogen-bond acceptors (Lipinski definition) is 10. The molecule has 3 rings (SSSR count). The summed E-state index contributed by atoms with van der Waals surface area (Å²) in [5, 5.41) is 16.5. The predicted octanol–water partition coefficient (Wildman–Crippen LogP) is 2.45. The van der Waals surface area contributed by atoms with Crippen molar-refractivity contribution in [2.45, 2.75) is 4.90 Å². The molecule has 0 N–H and O–H groups in total. The van der Waals surface area contributed by atoms with E-state index >= 15 is 0 Å². The van der Waals surface area contributed by atoms with Crippen molar-refractivity contribution in [2.75, 3.05) is 21.3 Å². The monoisotopic (exact) mass is 478 g/mol. The van der Waals surface area contributed by atoms with Crippen LogP contribution in [-0.2, 0) is 10.1 Å². The number of methoxy groups -OCH3 is 3. The molecular weight excluding hydrogens is 459 g/mol. The normalized spacial score (nSPS) is 11.4. The average molecular weight is 478 g/mol. The van der Waals surface area contributed by atoms with E-state index in [1.807, 2.05) is 0 Å². The summed E-state index contributed by atoms with van der Waals surface area (Å²) in [6, 6.07) is 15.4. The van der Waals surface area contributed by atoms with Crippen LogP contribution in [0, 0.1) is 0 Å². The van der Waals surface area contributed by atoms with Crippen LogP contribution < -0.4 is 43.8 Å². The summed E-state index contributed by atoms with van der Waals surface area (Å²) in [5.41, 5.74) is 1.51. The fourth-order valence-corrected chi connectivity index (χ4v) is 3.11. The zero-order chi connectivity index (χ0) is 23.1. The second kappa shape index (κ2) is 11.9. The third-order valence-corrected chi connectivity index (χ3v) is 5.04. The van der Waals surface area contributed by atoms with Crippen LogP contribution in [0.15, 0.2) is 86.0 Å². The van der Waals surface area contributed by atoms with Gasteiger partial charge >= 0.3 is 29.6 Å². The van der Waals surface area contributed by atoms with Gasteiger partial charge in [0.2, 0.25) is 0 Å². The summed E-state index contributed by atoms with van der Waals surface area (Å²) < 4.78 is 49.4. The standard InChI is InChI=1S/C21H20N4O6S.Na/c1-29-16-9-7-14(8-10-16)22-24-18-12-21(31-3)19(13-20(18)30-2)25-23-15-5-4-6-17(11-15)32(26,27)28;/h4-13H,1-3H3,(H,26,27,28);/q;+1/p-1. The van der Waals surface area contributed by atoms with E-state index in [1.54, 1.807) is 43.5 Å². The Labute approximate surface area is 213 Å². The molecule has 0 aliphatic heterocycles. The topological polar surface area (TPSA) is 134 Å². The van der Waals surface area contributed by atoms with Gasteiger partial charge in [-0.2, -0.15) is 10.2 Å². The van der Waals surface area contributed by atoms with Crippen LogP contribution in [0.5, 0.6) is 17.2 Å². The molecule has 0 heterocycles. The van der Waals surface area contributed by atoms with Crippen molar-refractivity contribution in [1.82, 2.24) is 0 Å². The zero-order valence-corrected chi connectivity index (χ0v) is 21.2. The summed E-state index contributed by atoms with van der Waals surface area (Å²) in [6.45, 7) is 0. The summed E-state index contributed by atoms with van der Waals surface area (Å²) in [4.78, 5) is -0.396. The summed E-state index contributed by atoms with van der Waals surface area (Å²) >= 11 is 0. The molecule has 0 amide bonds. The zero-order valence-electron chi connectivity index (χ0n) is 18.4. The quantitative estimate of drug-likeness (QED) is 0.277. The smallest absolute Gasteiger partial charge is 0.744 e. The van der Waals surface area contributed by atoms with Gasteiger partial charge in [0.15, 0.2) is 0 Å². The molecule has 33 heavy (non-hydrogen) atoms. The molecule has 0 fully saturated rings. The van der Waals surface area contributed by atoms with Gasteiger partial charge in [0.25, 0.3) is 0 Å². The van der Waals surface area contributed by atoms with Gasteiger partial charge in [0, 0.05) is 12.1 Å². The largest absolute Gasteiger partial charge is 1.00 e. The van der Waals surface area contributed by atoms with Crippen LogP contribution >= 0.6 is 0 Å². The Hall–Kier alpha value is -2.83. The molecule has 0 unspecified atom stereocenters. The number of azo groups is 2. The molecule has 0 aromatic heterocycles. The van der Waals surface area contributed by atoms with E-state index < -0.39 is 15.0 Å². The van der Waals surface area contributed by atoms with E-state index in [-0.39, 0.29) is 35.2 Å². The van der Waals surface area contributed by atoms with Gasteiger partial charge in [-0.25, -0.2) is 8.42 Å². The van der Waals surface area contributed by atoms with Gasteiger partial charge in [-0.15, -0.1) is 10.2 Å². The fourth-order valence-electron chi connectivity index (χ4n) is 2.60. The molecule has 0 saturated heterocycles. The minimum Gasteiger partial charge on any atom is -0.744 e. The van der Waals surface area contributed by atoms with Gasteiger partial charge in [-0.3, -0.25) is 0 Å². The second-order valence-corrected chi connectivity index (χ2v) is 7.63. The van der Waals surface area contributed by atoms with Gasteiger partial charge in [0.05, 0.1) is 37.6 Å². The molecule has 0 spiro atoms. The van der Waals surface area contributed by atoms with Gasteiger partial charge in [-0.05, 0) is 42.5 Å². The maximum Gasteiger partial charge on any atom is 1.00 e. The Morgan fingerprint density at radius 3 is 1.73 bits per heavy atom. The Balaban J connectivity index is 0.00000385. The molecule has 0 atom stereocenters. The predicted molar refractivity (Wildman–Crippen MR) is 115 cm³/mol. The van der Waals surface area contributed by atoms with Gasteiger partial charge < -0.3 is 18.8 Å². The van der Waals surface area contributed by atoms with Crippen LogP contribution in [0.2, 0.25) is 0 Å². The van der Waals surface area contributed by atoms with Gasteiger partial charge in [0.1, 0.15) is 38.7 Å². The Bertz CT molecular complexity index is 1260. The number of nitrogens with zero attached hydrogens (tertiary/aromatic N) is 4. The Morgan fingerprint density at radius 1 is 0.697 bits per heavy atom. The third-order valence-electron chi connectivity index (χ3n) is 4.21.